The third kappa shape index (κ3) is 5.52. The third-order valence-corrected chi connectivity index (χ3v) is 3.49. The Bertz CT molecular complexity index is 342. The lowest BCUT2D eigenvalue weighted by atomic mass is 9.82. The van der Waals surface area contributed by atoms with Gasteiger partial charge < -0.3 is 14.8 Å². The summed E-state index contributed by atoms with van der Waals surface area (Å²) in [4.78, 5) is 0. The van der Waals surface area contributed by atoms with Crippen molar-refractivity contribution in [2.45, 2.75) is 33.1 Å². The fraction of sp³-hybridized carbons (Fsp3) is 0.625. The Balaban J connectivity index is 2.42. The fourth-order valence-corrected chi connectivity index (χ4v) is 2.42. The predicted octanol–water partition coefficient (Wildman–Crippen LogP) is 3.49. The topological polar surface area (TPSA) is 30.5 Å². The Hall–Kier alpha value is -1.22. The van der Waals surface area contributed by atoms with E-state index >= 15 is 0 Å². The number of nitrogens with one attached hydrogen (secondary N) is 1. The van der Waals surface area contributed by atoms with E-state index in [0.717, 1.165) is 31.1 Å². The molecule has 0 aromatic heterocycles. The van der Waals surface area contributed by atoms with Crippen molar-refractivity contribution >= 4 is 0 Å². The second-order valence-corrected chi connectivity index (χ2v) is 5.36. The fourth-order valence-electron chi connectivity index (χ4n) is 2.42. The smallest absolute Gasteiger partial charge is 0.119 e. The van der Waals surface area contributed by atoms with E-state index in [1.54, 1.807) is 7.11 Å². The minimum Gasteiger partial charge on any atom is -0.497 e. The van der Waals surface area contributed by atoms with Gasteiger partial charge in [-0.25, -0.2) is 0 Å². The highest BCUT2D eigenvalue weighted by molar-refractivity contribution is 5.31. The molecule has 0 fully saturated rings. The van der Waals surface area contributed by atoms with Gasteiger partial charge in [0.15, 0.2) is 0 Å². The van der Waals surface area contributed by atoms with Crippen LogP contribution in [0.5, 0.6) is 11.5 Å². The van der Waals surface area contributed by atoms with Crippen molar-refractivity contribution in [2.75, 3.05) is 27.3 Å². The summed E-state index contributed by atoms with van der Waals surface area (Å²) in [6.07, 6.45) is 3.49. The SMILES string of the molecule is CCCC(C)(CCOc1ccc(OC)cc1)CNC. The summed E-state index contributed by atoms with van der Waals surface area (Å²) in [5.41, 5.74) is 0.315. The van der Waals surface area contributed by atoms with Crippen molar-refractivity contribution in [3.8, 4) is 11.5 Å². The van der Waals surface area contributed by atoms with Crippen LogP contribution in [0.1, 0.15) is 33.1 Å². The second kappa shape index (κ2) is 8.05. The van der Waals surface area contributed by atoms with Crippen LogP contribution in [0.15, 0.2) is 24.3 Å². The van der Waals surface area contributed by atoms with Crippen LogP contribution in [0, 0.1) is 5.41 Å². The molecule has 0 saturated carbocycles. The Morgan fingerprint density at radius 3 is 2.26 bits per heavy atom. The van der Waals surface area contributed by atoms with Gasteiger partial charge in [0.25, 0.3) is 0 Å². The van der Waals surface area contributed by atoms with Gasteiger partial charge in [-0.15, -0.1) is 0 Å². The van der Waals surface area contributed by atoms with Crippen LogP contribution in [0.25, 0.3) is 0 Å². The highest BCUT2D eigenvalue weighted by atomic mass is 16.5. The first-order valence-corrected chi connectivity index (χ1v) is 7.05. The van der Waals surface area contributed by atoms with Gasteiger partial charge in [-0.05, 0) is 49.6 Å². The molecule has 0 amide bonds. The quantitative estimate of drug-likeness (QED) is 0.741. The molecule has 0 bridgehead atoms. The van der Waals surface area contributed by atoms with Crippen molar-refractivity contribution in [3.05, 3.63) is 24.3 Å². The van der Waals surface area contributed by atoms with Crippen LogP contribution in [0.2, 0.25) is 0 Å². The average molecular weight is 265 g/mol. The first-order chi connectivity index (χ1) is 9.13. The molecule has 0 radical (unpaired) electrons. The molecule has 0 spiro atoms. The molecule has 1 aromatic rings. The Morgan fingerprint density at radius 1 is 1.11 bits per heavy atom. The summed E-state index contributed by atoms with van der Waals surface area (Å²) in [7, 11) is 3.68. The molecule has 0 aliphatic heterocycles. The number of ether oxygens (including phenoxy) is 2. The van der Waals surface area contributed by atoms with Gasteiger partial charge in [-0.3, -0.25) is 0 Å². The van der Waals surface area contributed by atoms with Gasteiger partial charge in [0.05, 0.1) is 13.7 Å². The lowest BCUT2D eigenvalue weighted by molar-refractivity contribution is 0.195. The van der Waals surface area contributed by atoms with Crippen LogP contribution in [0.3, 0.4) is 0 Å². The van der Waals surface area contributed by atoms with E-state index < -0.39 is 0 Å². The maximum absolute atomic E-state index is 5.81. The highest BCUT2D eigenvalue weighted by Crippen LogP contribution is 2.27. The summed E-state index contributed by atoms with van der Waals surface area (Å²) >= 11 is 0. The van der Waals surface area contributed by atoms with E-state index in [2.05, 4.69) is 19.2 Å². The van der Waals surface area contributed by atoms with Crippen molar-refractivity contribution in [1.82, 2.24) is 5.32 Å². The molecule has 1 N–H and O–H groups in total. The molecule has 19 heavy (non-hydrogen) atoms. The van der Waals surface area contributed by atoms with Crippen LogP contribution < -0.4 is 14.8 Å². The zero-order chi connectivity index (χ0) is 14.1. The normalized spacial score (nSPS) is 13.9. The number of benzene rings is 1. The highest BCUT2D eigenvalue weighted by Gasteiger charge is 2.22. The van der Waals surface area contributed by atoms with E-state index in [1.165, 1.54) is 12.8 Å². The maximum atomic E-state index is 5.81. The Kier molecular flexibility index (Phi) is 6.71. The molecule has 108 valence electrons. The first kappa shape index (κ1) is 15.8. The van der Waals surface area contributed by atoms with E-state index in [0.29, 0.717) is 5.41 Å². The van der Waals surface area contributed by atoms with E-state index in [-0.39, 0.29) is 0 Å². The lowest BCUT2D eigenvalue weighted by Crippen LogP contribution is -2.31. The molecule has 1 rings (SSSR count). The van der Waals surface area contributed by atoms with Gasteiger partial charge in [0.2, 0.25) is 0 Å². The van der Waals surface area contributed by atoms with Gasteiger partial charge in [0.1, 0.15) is 11.5 Å². The molecule has 0 aliphatic carbocycles. The number of hydrogen-bond donors (Lipinski definition) is 1. The minimum atomic E-state index is 0.315. The molecular formula is C16H27NO2. The summed E-state index contributed by atoms with van der Waals surface area (Å²) in [5.74, 6) is 1.77. The molecule has 3 nitrogen and oxygen atoms in total. The largest absolute Gasteiger partial charge is 0.497 e. The molecule has 0 saturated heterocycles. The van der Waals surface area contributed by atoms with E-state index in [9.17, 15) is 0 Å². The van der Waals surface area contributed by atoms with Crippen LogP contribution in [0.4, 0.5) is 0 Å². The van der Waals surface area contributed by atoms with Crippen LogP contribution in [-0.4, -0.2) is 27.3 Å². The van der Waals surface area contributed by atoms with Crippen molar-refractivity contribution in [2.24, 2.45) is 5.41 Å². The summed E-state index contributed by atoms with van der Waals surface area (Å²) in [6.45, 7) is 6.35. The van der Waals surface area contributed by atoms with E-state index in [1.807, 2.05) is 31.3 Å². The van der Waals surface area contributed by atoms with Gasteiger partial charge in [-0.1, -0.05) is 20.3 Å². The summed E-state index contributed by atoms with van der Waals surface area (Å²) in [5, 5.41) is 3.28. The first-order valence-electron chi connectivity index (χ1n) is 7.05. The zero-order valence-corrected chi connectivity index (χ0v) is 12.7. The molecular weight excluding hydrogens is 238 g/mol. The summed E-state index contributed by atoms with van der Waals surface area (Å²) < 4.78 is 10.9. The molecule has 0 heterocycles. The van der Waals surface area contributed by atoms with Crippen LogP contribution >= 0.6 is 0 Å². The molecule has 3 heteroatoms. The van der Waals surface area contributed by atoms with Crippen molar-refractivity contribution < 1.29 is 9.47 Å². The number of hydrogen-bond acceptors (Lipinski definition) is 3. The van der Waals surface area contributed by atoms with Gasteiger partial charge >= 0.3 is 0 Å². The molecule has 1 unspecified atom stereocenters. The number of rotatable bonds is 9. The van der Waals surface area contributed by atoms with Crippen molar-refractivity contribution in [3.63, 3.8) is 0 Å². The van der Waals surface area contributed by atoms with E-state index in [4.69, 9.17) is 9.47 Å². The Morgan fingerprint density at radius 2 is 1.74 bits per heavy atom. The third-order valence-electron chi connectivity index (χ3n) is 3.49. The average Bonchev–Trinajstić information content (AvgIpc) is 2.40. The standard InChI is InChI=1S/C16H27NO2/c1-5-10-16(2,13-17-3)11-12-19-15-8-6-14(18-4)7-9-15/h6-9,17H,5,10-13H2,1-4H3. The molecule has 1 atom stereocenters. The molecule has 1 aromatic carbocycles. The lowest BCUT2D eigenvalue weighted by Gasteiger charge is -2.29. The van der Waals surface area contributed by atoms with Crippen LogP contribution in [-0.2, 0) is 0 Å². The molecule has 0 aliphatic rings. The summed E-state index contributed by atoms with van der Waals surface area (Å²) in [6, 6.07) is 7.75. The van der Waals surface area contributed by atoms with Crippen molar-refractivity contribution in [1.29, 1.82) is 0 Å². The van der Waals surface area contributed by atoms with Gasteiger partial charge in [-0.2, -0.15) is 0 Å². The minimum absolute atomic E-state index is 0.315. The maximum Gasteiger partial charge on any atom is 0.119 e. The Labute approximate surface area is 117 Å². The monoisotopic (exact) mass is 265 g/mol. The van der Waals surface area contributed by atoms with Gasteiger partial charge in [0, 0.05) is 6.54 Å². The predicted molar refractivity (Wildman–Crippen MR) is 80.0 cm³/mol. The second-order valence-electron chi connectivity index (χ2n) is 5.36. The number of methoxy groups -OCH3 is 1. The zero-order valence-electron chi connectivity index (χ0n) is 12.7.